The number of benzene rings is 1. The summed E-state index contributed by atoms with van der Waals surface area (Å²) in [5, 5.41) is 4.68. The fraction of sp³-hybridized carbons (Fsp3) is 0.389. The van der Waals surface area contributed by atoms with Crippen LogP contribution in [0.3, 0.4) is 0 Å². The minimum absolute atomic E-state index is 0.359. The molecule has 1 heterocycles. The molecule has 0 spiro atoms. The van der Waals surface area contributed by atoms with E-state index in [1.54, 1.807) is 12.3 Å². The SMILES string of the molecule is CCOc1c(-c2ccc(Cl)cc2Cl)ccnc1NC(CC)CC. The van der Waals surface area contributed by atoms with E-state index < -0.39 is 0 Å². The number of halogens is 2. The van der Waals surface area contributed by atoms with Crippen LogP contribution in [0.15, 0.2) is 30.5 Å². The Morgan fingerprint density at radius 3 is 2.43 bits per heavy atom. The molecular weight excluding hydrogens is 331 g/mol. The van der Waals surface area contributed by atoms with E-state index in [0.717, 1.165) is 35.5 Å². The summed E-state index contributed by atoms with van der Waals surface area (Å²) >= 11 is 12.4. The molecule has 0 amide bonds. The minimum atomic E-state index is 0.359. The summed E-state index contributed by atoms with van der Waals surface area (Å²) < 4.78 is 5.88. The van der Waals surface area contributed by atoms with Crippen molar-refractivity contribution in [2.75, 3.05) is 11.9 Å². The zero-order valence-electron chi connectivity index (χ0n) is 13.7. The number of anilines is 1. The Labute approximate surface area is 148 Å². The van der Waals surface area contributed by atoms with Gasteiger partial charge in [0.05, 0.1) is 11.6 Å². The Morgan fingerprint density at radius 1 is 1.09 bits per heavy atom. The van der Waals surface area contributed by atoms with Crippen molar-refractivity contribution in [3.63, 3.8) is 0 Å². The molecule has 5 heteroatoms. The van der Waals surface area contributed by atoms with E-state index in [1.165, 1.54) is 0 Å². The van der Waals surface area contributed by atoms with E-state index in [-0.39, 0.29) is 0 Å². The average Bonchev–Trinajstić information content (AvgIpc) is 2.54. The first kappa shape index (κ1) is 17.9. The standard InChI is InChI=1S/C18H22Cl2N2O/c1-4-13(5-2)22-18-17(23-6-3)15(9-10-21-18)14-8-7-12(19)11-16(14)20/h7-11,13H,4-6H2,1-3H3,(H,21,22). The maximum absolute atomic E-state index is 6.37. The first-order valence-corrected chi connectivity index (χ1v) is 8.70. The zero-order chi connectivity index (χ0) is 16.8. The van der Waals surface area contributed by atoms with Gasteiger partial charge in [0, 0.05) is 28.4 Å². The third-order valence-electron chi connectivity index (χ3n) is 3.74. The number of hydrogen-bond donors (Lipinski definition) is 1. The lowest BCUT2D eigenvalue weighted by Gasteiger charge is -2.20. The van der Waals surface area contributed by atoms with Crippen molar-refractivity contribution in [2.24, 2.45) is 0 Å². The van der Waals surface area contributed by atoms with Gasteiger partial charge >= 0.3 is 0 Å². The molecule has 2 aromatic rings. The monoisotopic (exact) mass is 352 g/mol. The van der Waals surface area contributed by atoms with Crippen molar-refractivity contribution in [2.45, 2.75) is 39.7 Å². The van der Waals surface area contributed by atoms with Crippen molar-refractivity contribution in [1.82, 2.24) is 4.98 Å². The number of nitrogens with zero attached hydrogens (tertiary/aromatic N) is 1. The molecule has 0 aliphatic heterocycles. The van der Waals surface area contributed by atoms with E-state index in [1.807, 2.05) is 25.1 Å². The minimum Gasteiger partial charge on any atom is -0.489 e. The largest absolute Gasteiger partial charge is 0.489 e. The number of ether oxygens (including phenoxy) is 1. The van der Waals surface area contributed by atoms with Gasteiger partial charge in [0.15, 0.2) is 11.6 Å². The fourth-order valence-electron chi connectivity index (χ4n) is 2.45. The molecule has 0 atom stereocenters. The molecule has 23 heavy (non-hydrogen) atoms. The molecule has 0 aliphatic carbocycles. The molecule has 124 valence electrons. The van der Waals surface area contributed by atoms with Crippen LogP contribution in [0.4, 0.5) is 5.82 Å². The van der Waals surface area contributed by atoms with Crippen LogP contribution in [-0.4, -0.2) is 17.6 Å². The van der Waals surface area contributed by atoms with Gasteiger partial charge in [-0.05, 0) is 38.0 Å². The van der Waals surface area contributed by atoms with E-state index in [4.69, 9.17) is 27.9 Å². The van der Waals surface area contributed by atoms with Gasteiger partial charge in [0.1, 0.15) is 0 Å². The van der Waals surface area contributed by atoms with Gasteiger partial charge in [-0.1, -0.05) is 43.1 Å². The molecule has 0 saturated heterocycles. The number of rotatable bonds is 7. The van der Waals surface area contributed by atoms with E-state index in [9.17, 15) is 0 Å². The molecule has 0 fully saturated rings. The Hall–Kier alpha value is -1.45. The van der Waals surface area contributed by atoms with Crippen molar-refractivity contribution >= 4 is 29.0 Å². The molecule has 0 unspecified atom stereocenters. The smallest absolute Gasteiger partial charge is 0.169 e. The second-order valence-electron chi connectivity index (χ2n) is 5.25. The number of hydrogen-bond acceptors (Lipinski definition) is 3. The second kappa shape index (κ2) is 8.42. The van der Waals surface area contributed by atoms with Crippen LogP contribution in [0.2, 0.25) is 10.0 Å². The van der Waals surface area contributed by atoms with E-state index >= 15 is 0 Å². The van der Waals surface area contributed by atoms with E-state index in [2.05, 4.69) is 24.1 Å². The van der Waals surface area contributed by atoms with Crippen molar-refractivity contribution in [3.8, 4) is 16.9 Å². The van der Waals surface area contributed by atoms with Crippen LogP contribution in [-0.2, 0) is 0 Å². The summed E-state index contributed by atoms with van der Waals surface area (Å²) in [6, 6.07) is 7.74. The molecule has 3 nitrogen and oxygen atoms in total. The zero-order valence-corrected chi connectivity index (χ0v) is 15.2. The lowest BCUT2D eigenvalue weighted by atomic mass is 10.1. The number of nitrogens with one attached hydrogen (secondary N) is 1. The van der Waals surface area contributed by atoms with Crippen LogP contribution in [0.25, 0.3) is 11.1 Å². The predicted octanol–water partition coefficient (Wildman–Crippen LogP) is 6.05. The van der Waals surface area contributed by atoms with Gasteiger partial charge in [0.2, 0.25) is 0 Å². The highest BCUT2D eigenvalue weighted by Crippen LogP contribution is 2.39. The highest BCUT2D eigenvalue weighted by molar-refractivity contribution is 6.36. The molecular formula is C18H22Cl2N2O. The Morgan fingerprint density at radius 2 is 1.83 bits per heavy atom. The van der Waals surface area contributed by atoms with Crippen LogP contribution in [0.5, 0.6) is 5.75 Å². The molecule has 0 radical (unpaired) electrons. The fourth-order valence-corrected chi connectivity index (χ4v) is 2.96. The summed E-state index contributed by atoms with van der Waals surface area (Å²) in [5.41, 5.74) is 1.80. The third-order valence-corrected chi connectivity index (χ3v) is 4.29. The lowest BCUT2D eigenvalue weighted by Crippen LogP contribution is -2.18. The first-order valence-electron chi connectivity index (χ1n) is 7.94. The maximum atomic E-state index is 6.37. The Bertz CT molecular complexity index is 657. The molecule has 2 rings (SSSR count). The van der Waals surface area contributed by atoms with Crippen molar-refractivity contribution < 1.29 is 4.74 Å². The lowest BCUT2D eigenvalue weighted by molar-refractivity contribution is 0.341. The second-order valence-corrected chi connectivity index (χ2v) is 6.09. The molecule has 1 N–H and O–H groups in total. The topological polar surface area (TPSA) is 34.1 Å². The average molecular weight is 353 g/mol. The first-order chi connectivity index (χ1) is 11.1. The maximum Gasteiger partial charge on any atom is 0.169 e. The quantitative estimate of drug-likeness (QED) is 0.657. The van der Waals surface area contributed by atoms with Crippen LogP contribution in [0, 0.1) is 0 Å². The third kappa shape index (κ3) is 4.30. The van der Waals surface area contributed by atoms with Gasteiger partial charge in [0.25, 0.3) is 0 Å². The van der Waals surface area contributed by atoms with Gasteiger partial charge in [-0.15, -0.1) is 0 Å². The van der Waals surface area contributed by atoms with Crippen molar-refractivity contribution in [1.29, 1.82) is 0 Å². The highest BCUT2D eigenvalue weighted by atomic mass is 35.5. The molecule has 0 saturated carbocycles. The summed E-state index contributed by atoms with van der Waals surface area (Å²) in [6.07, 6.45) is 3.82. The van der Waals surface area contributed by atoms with Crippen molar-refractivity contribution in [3.05, 3.63) is 40.5 Å². The van der Waals surface area contributed by atoms with Crippen LogP contribution >= 0.6 is 23.2 Å². The molecule has 1 aromatic heterocycles. The number of pyridine rings is 1. The molecule has 0 aliphatic rings. The summed E-state index contributed by atoms with van der Waals surface area (Å²) in [5.74, 6) is 1.48. The molecule has 0 bridgehead atoms. The Kier molecular flexibility index (Phi) is 6.55. The van der Waals surface area contributed by atoms with Gasteiger partial charge in [-0.2, -0.15) is 0 Å². The van der Waals surface area contributed by atoms with Crippen LogP contribution in [0.1, 0.15) is 33.6 Å². The van der Waals surface area contributed by atoms with Gasteiger partial charge in [-0.3, -0.25) is 0 Å². The van der Waals surface area contributed by atoms with E-state index in [0.29, 0.717) is 22.7 Å². The molecule has 1 aromatic carbocycles. The normalized spacial score (nSPS) is 10.9. The summed E-state index contributed by atoms with van der Waals surface area (Å²) in [7, 11) is 0. The summed E-state index contributed by atoms with van der Waals surface area (Å²) in [4.78, 5) is 4.46. The number of aromatic nitrogens is 1. The summed E-state index contributed by atoms with van der Waals surface area (Å²) in [6.45, 7) is 6.82. The predicted molar refractivity (Wildman–Crippen MR) is 98.9 cm³/mol. The van der Waals surface area contributed by atoms with Gasteiger partial charge in [-0.25, -0.2) is 4.98 Å². The Balaban J connectivity index is 2.50. The van der Waals surface area contributed by atoms with Crippen LogP contribution < -0.4 is 10.1 Å². The van der Waals surface area contributed by atoms with Gasteiger partial charge < -0.3 is 10.1 Å². The highest BCUT2D eigenvalue weighted by Gasteiger charge is 2.17.